The van der Waals surface area contributed by atoms with Gasteiger partial charge in [0.25, 0.3) is 0 Å². The van der Waals surface area contributed by atoms with E-state index in [0.717, 1.165) is 11.1 Å². The van der Waals surface area contributed by atoms with Crippen LogP contribution < -0.4 is 0 Å². The first-order valence-corrected chi connectivity index (χ1v) is 8.58. The molecule has 1 heterocycles. The van der Waals surface area contributed by atoms with Crippen molar-refractivity contribution in [3.05, 3.63) is 99.4 Å². The second kappa shape index (κ2) is 7.04. The van der Waals surface area contributed by atoms with Gasteiger partial charge in [-0.1, -0.05) is 47.5 Å². The fourth-order valence-corrected chi connectivity index (χ4v) is 3.07. The van der Waals surface area contributed by atoms with E-state index in [0.29, 0.717) is 33.6 Å². The van der Waals surface area contributed by atoms with Crippen molar-refractivity contribution in [1.82, 2.24) is 4.98 Å². The molecule has 1 aromatic heterocycles. The van der Waals surface area contributed by atoms with Crippen molar-refractivity contribution in [2.24, 2.45) is 0 Å². The highest BCUT2D eigenvalue weighted by atomic mass is 16.1. The molecule has 0 spiro atoms. The molecule has 3 heteroatoms. The summed E-state index contributed by atoms with van der Waals surface area (Å²) in [5.74, 6) is -0.228. The van der Waals surface area contributed by atoms with Crippen molar-refractivity contribution >= 4 is 11.6 Å². The molecule has 130 valence electrons. The number of hydrogen-bond acceptors (Lipinski definition) is 3. The van der Waals surface area contributed by atoms with E-state index < -0.39 is 0 Å². The van der Waals surface area contributed by atoms with E-state index in [1.54, 1.807) is 32.0 Å². The lowest BCUT2D eigenvalue weighted by Gasteiger charge is -2.11. The molecule has 0 amide bonds. The monoisotopic (exact) mass is 343 g/mol. The molecule has 3 rings (SSSR count). The molecule has 0 aliphatic carbocycles. The molecule has 0 unspecified atom stereocenters. The Balaban J connectivity index is 2.07. The fraction of sp³-hybridized carbons (Fsp3) is 0.174. The van der Waals surface area contributed by atoms with Crippen molar-refractivity contribution < 1.29 is 9.59 Å². The minimum absolute atomic E-state index is 0.114. The summed E-state index contributed by atoms with van der Waals surface area (Å²) in [6, 6.07) is 16.6. The van der Waals surface area contributed by atoms with Crippen LogP contribution in [0.15, 0.2) is 54.6 Å². The number of carbonyl (C=O) groups excluding carboxylic acids is 2. The van der Waals surface area contributed by atoms with Gasteiger partial charge in [0.1, 0.15) is 0 Å². The molecule has 0 aliphatic heterocycles. The predicted molar refractivity (Wildman–Crippen MR) is 103 cm³/mol. The fourth-order valence-electron chi connectivity index (χ4n) is 3.07. The highest BCUT2D eigenvalue weighted by Crippen LogP contribution is 2.20. The van der Waals surface area contributed by atoms with E-state index in [1.165, 1.54) is 0 Å². The number of benzene rings is 2. The van der Waals surface area contributed by atoms with Crippen LogP contribution in [-0.4, -0.2) is 16.6 Å². The van der Waals surface area contributed by atoms with Crippen LogP contribution in [0.5, 0.6) is 0 Å². The lowest BCUT2D eigenvalue weighted by Crippen LogP contribution is -2.12. The lowest BCUT2D eigenvalue weighted by atomic mass is 9.95. The summed E-state index contributed by atoms with van der Waals surface area (Å²) in [6.45, 7) is 7.50. The third-order valence-electron chi connectivity index (χ3n) is 4.45. The number of hydrogen-bond donors (Lipinski definition) is 0. The molecule has 0 aliphatic rings. The number of aromatic nitrogens is 1. The molecule has 26 heavy (non-hydrogen) atoms. The SMILES string of the molecule is Cc1cccc(C(=O)c2cc(C(=O)c3cccc(C)c3)c(C)nc2C)c1. The standard InChI is InChI=1S/C23H21NO2/c1-14-7-5-9-18(11-14)22(25)20-13-21(17(4)24-16(20)3)23(26)19-10-6-8-15(2)12-19/h5-13H,1-4H3. The normalized spacial score (nSPS) is 10.6. The van der Waals surface area contributed by atoms with Gasteiger partial charge < -0.3 is 0 Å². The minimum atomic E-state index is -0.114. The summed E-state index contributed by atoms with van der Waals surface area (Å²) >= 11 is 0. The van der Waals surface area contributed by atoms with Crippen molar-refractivity contribution in [2.75, 3.05) is 0 Å². The van der Waals surface area contributed by atoms with Gasteiger partial charge >= 0.3 is 0 Å². The molecule has 0 bridgehead atoms. The largest absolute Gasteiger partial charge is 0.289 e. The summed E-state index contributed by atoms with van der Waals surface area (Å²) in [7, 11) is 0. The van der Waals surface area contributed by atoms with E-state index in [4.69, 9.17) is 0 Å². The summed E-state index contributed by atoms with van der Waals surface area (Å²) in [4.78, 5) is 30.4. The molecule has 2 aromatic carbocycles. The zero-order valence-corrected chi connectivity index (χ0v) is 15.5. The van der Waals surface area contributed by atoms with Gasteiger partial charge in [0.05, 0.1) is 0 Å². The minimum Gasteiger partial charge on any atom is -0.289 e. The van der Waals surface area contributed by atoms with Gasteiger partial charge in [0, 0.05) is 33.6 Å². The molecule has 3 nitrogen and oxygen atoms in total. The van der Waals surface area contributed by atoms with E-state index in [2.05, 4.69) is 4.98 Å². The summed E-state index contributed by atoms with van der Waals surface area (Å²) in [6.07, 6.45) is 0. The Kier molecular flexibility index (Phi) is 4.81. The van der Waals surface area contributed by atoms with Gasteiger partial charge in [0.15, 0.2) is 11.6 Å². The van der Waals surface area contributed by atoms with Crippen LogP contribution in [0.4, 0.5) is 0 Å². The number of pyridine rings is 1. The second-order valence-corrected chi connectivity index (χ2v) is 6.65. The Bertz CT molecular complexity index is 940. The maximum absolute atomic E-state index is 12.9. The van der Waals surface area contributed by atoms with Gasteiger partial charge in [0.2, 0.25) is 0 Å². The zero-order chi connectivity index (χ0) is 18.8. The summed E-state index contributed by atoms with van der Waals surface area (Å²) < 4.78 is 0. The van der Waals surface area contributed by atoms with Gasteiger partial charge in [-0.05, 0) is 45.9 Å². The molecule has 0 fully saturated rings. The maximum Gasteiger partial charge on any atom is 0.194 e. The quantitative estimate of drug-likeness (QED) is 0.641. The second-order valence-electron chi connectivity index (χ2n) is 6.65. The first-order chi connectivity index (χ1) is 12.4. The predicted octanol–water partition coefficient (Wildman–Crippen LogP) is 4.78. The van der Waals surface area contributed by atoms with E-state index >= 15 is 0 Å². The van der Waals surface area contributed by atoms with Crippen molar-refractivity contribution in [3.63, 3.8) is 0 Å². The number of carbonyl (C=O) groups is 2. The molecule has 0 radical (unpaired) electrons. The highest BCUT2D eigenvalue weighted by molar-refractivity contribution is 6.14. The van der Waals surface area contributed by atoms with Crippen LogP contribution in [-0.2, 0) is 0 Å². The number of ketones is 2. The Hall–Kier alpha value is -3.07. The van der Waals surface area contributed by atoms with Crippen LogP contribution in [0.1, 0.15) is 54.4 Å². The molecule has 3 aromatic rings. The van der Waals surface area contributed by atoms with Crippen LogP contribution in [0.3, 0.4) is 0 Å². The Morgan fingerprint density at radius 2 is 1.08 bits per heavy atom. The average Bonchev–Trinajstić information content (AvgIpc) is 2.61. The molecule has 0 atom stereocenters. The van der Waals surface area contributed by atoms with Gasteiger partial charge in [-0.25, -0.2) is 0 Å². The van der Waals surface area contributed by atoms with Crippen LogP contribution in [0.25, 0.3) is 0 Å². The van der Waals surface area contributed by atoms with Crippen molar-refractivity contribution in [2.45, 2.75) is 27.7 Å². The topological polar surface area (TPSA) is 47.0 Å². The third kappa shape index (κ3) is 3.47. The third-order valence-corrected chi connectivity index (χ3v) is 4.45. The Morgan fingerprint density at radius 1 is 0.654 bits per heavy atom. The molecular formula is C23H21NO2. The summed E-state index contributed by atoms with van der Waals surface area (Å²) in [5, 5.41) is 0. The Morgan fingerprint density at radius 3 is 1.46 bits per heavy atom. The van der Waals surface area contributed by atoms with Crippen LogP contribution in [0.2, 0.25) is 0 Å². The summed E-state index contributed by atoms with van der Waals surface area (Å²) in [5.41, 5.74) is 5.45. The van der Waals surface area contributed by atoms with Crippen LogP contribution >= 0.6 is 0 Å². The van der Waals surface area contributed by atoms with Crippen LogP contribution in [0, 0.1) is 27.7 Å². The number of rotatable bonds is 4. The number of aryl methyl sites for hydroxylation is 4. The van der Waals surface area contributed by atoms with E-state index in [-0.39, 0.29) is 11.6 Å². The first-order valence-electron chi connectivity index (χ1n) is 8.58. The molecule has 0 saturated heterocycles. The maximum atomic E-state index is 12.9. The lowest BCUT2D eigenvalue weighted by molar-refractivity contribution is 0.103. The van der Waals surface area contributed by atoms with Crippen molar-refractivity contribution in [3.8, 4) is 0 Å². The van der Waals surface area contributed by atoms with Gasteiger partial charge in [-0.2, -0.15) is 0 Å². The molecular weight excluding hydrogens is 322 g/mol. The average molecular weight is 343 g/mol. The van der Waals surface area contributed by atoms with E-state index in [9.17, 15) is 9.59 Å². The van der Waals surface area contributed by atoms with Gasteiger partial charge in [-0.3, -0.25) is 14.6 Å². The van der Waals surface area contributed by atoms with Crippen molar-refractivity contribution in [1.29, 1.82) is 0 Å². The first kappa shape index (κ1) is 17.7. The zero-order valence-electron chi connectivity index (χ0n) is 15.5. The van der Waals surface area contributed by atoms with Gasteiger partial charge in [-0.15, -0.1) is 0 Å². The Labute approximate surface area is 153 Å². The highest BCUT2D eigenvalue weighted by Gasteiger charge is 2.19. The van der Waals surface area contributed by atoms with E-state index in [1.807, 2.05) is 50.2 Å². The smallest absolute Gasteiger partial charge is 0.194 e. The number of nitrogens with zero attached hydrogens (tertiary/aromatic N) is 1. The molecule has 0 N–H and O–H groups in total. The molecule has 0 saturated carbocycles.